The number of rotatable bonds is 27. The lowest BCUT2D eigenvalue weighted by atomic mass is 10.2. The molecule has 8 nitrogen and oxygen atoms in total. The van der Waals surface area contributed by atoms with Crippen LogP contribution in [0.2, 0.25) is 0 Å². The zero-order valence-electron chi connectivity index (χ0n) is 27.0. The summed E-state index contributed by atoms with van der Waals surface area (Å²) in [5.74, 6) is -0.369. The van der Waals surface area contributed by atoms with Crippen LogP contribution >= 0.6 is 7.82 Å². The topological polar surface area (TPSA) is 91.3 Å². The average molecular weight is 613 g/mol. The van der Waals surface area contributed by atoms with Gasteiger partial charge in [0.05, 0.1) is 34.4 Å². The first-order chi connectivity index (χ1) is 20.1. The highest BCUT2D eigenvalue weighted by Gasteiger charge is 2.26. The highest BCUT2D eigenvalue weighted by molar-refractivity contribution is 7.47. The Balaban J connectivity index is 4.17. The Bertz CT molecular complexity index is 859. The summed E-state index contributed by atoms with van der Waals surface area (Å²) in [5, 5.41) is 0. The van der Waals surface area contributed by atoms with E-state index < -0.39 is 13.9 Å². The smallest absolute Gasteiger partial charge is 0.457 e. The quantitative estimate of drug-likeness (QED) is 0.0332. The molecule has 42 heavy (non-hydrogen) atoms. The summed E-state index contributed by atoms with van der Waals surface area (Å²) >= 11 is 0. The number of phosphoric acid groups is 1. The minimum Gasteiger partial charge on any atom is -0.457 e. The maximum Gasteiger partial charge on any atom is 0.472 e. The molecule has 0 heterocycles. The van der Waals surface area contributed by atoms with Crippen molar-refractivity contribution in [3.8, 4) is 0 Å². The van der Waals surface area contributed by atoms with Crippen LogP contribution in [0.5, 0.6) is 0 Å². The van der Waals surface area contributed by atoms with Crippen LogP contribution in [0.15, 0.2) is 60.8 Å². The van der Waals surface area contributed by atoms with Crippen molar-refractivity contribution in [2.75, 3.05) is 54.1 Å². The molecular weight excluding hydrogens is 553 g/mol. The number of unbranched alkanes of at least 4 members (excludes halogenated alkanes) is 3. The number of ether oxygens (including phenoxy) is 2. The lowest BCUT2D eigenvalue weighted by Crippen LogP contribution is -2.37. The van der Waals surface area contributed by atoms with E-state index in [0.29, 0.717) is 17.6 Å². The molecule has 0 aromatic heterocycles. The molecule has 0 radical (unpaired) electrons. The molecule has 0 saturated heterocycles. The SMILES string of the molecule is CC/C=C\C/C=C\C/C=C\C/C=C\C/C=C\CCCCOCC(COP(=O)(O)OCC[N+](C)(C)C)OC(=O)CCCC. The van der Waals surface area contributed by atoms with Gasteiger partial charge in [0.1, 0.15) is 19.3 Å². The molecule has 0 bridgehead atoms. The molecule has 2 atom stereocenters. The Labute approximate surface area is 256 Å². The van der Waals surface area contributed by atoms with E-state index in [1.165, 1.54) is 0 Å². The van der Waals surface area contributed by atoms with Crippen molar-refractivity contribution in [2.45, 2.75) is 90.6 Å². The number of likely N-dealkylation sites (N-methyl/N-ethyl adjacent to an activating group) is 1. The van der Waals surface area contributed by atoms with Crippen molar-refractivity contribution in [3.05, 3.63) is 60.8 Å². The Hall–Kier alpha value is -1.80. The number of phosphoric ester groups is 1. The number of carbonyl (C=O) groups excluding carboxylic acids is 1. The number of esters is 1. The third kappa shape index (κ3) is 29.7. The fourth-order valence-electron chi connectivity index (χ4n) is 3.38. The second kappa shape index (κ2) is 26.8. The first-order valence-electron chi connectivity index (χ1n) is 15.5. The van der Waals surface area contributed by atoms with Gasteiger partial charge in [-0.2, -0.15) is 0 Å². The van der Waals surface area contributed by atoms with Crippen LogP contribution in [0.3, 0.4) is 0 Å². The number of hydrogen-bond donors (Lipinski definition) is 1. The lowest BCUT2D eigenvalue weighted by molar-refractivity contribution is -0.870. The molecular formula is C33H59NO7P+. The van der Waals surface area contributed by atoms with Gasteiger partial charge in [-0.05, 0) is 57.8 Å². The summed E-state index contributed by atoms with van der Waals surface area (Å²) < 4.78 is 34.1. The van der Waals surface area contributed by atoms with Crippen LogP contribution in [0, 0.1) is 0 Å². The van der Waals surface area contributed by atoms with Gasteiger partial charge < -0.3 is 18.9 Å². The minimum absolute atomic E-state index is 0.0760. The fraction of sp³-hybridized carbons (Fsp3) is 0.667. The third-order valence-electron chi connectivity index (χ3n) is 5.84. The van der Waals surface area contributed by atoms with Crippen LogP contribution in [0.1, 0.15) is 84.5 Å². The molecule has 0 aromatic rings. The van der Waals surface area contributed by atoms with Crippen LogP contribution in [0.4, 0.5) is 0 Å². The van der Waals surface area contributed by atoms with E-state index in [9.17, 15) is 14.3 Å². The highest BCUT2D eigenvalue weighted by Crippen LogP contribution is 2.43. The Morgan fingerprint density at radius 1 is 0.762 bits per heavy atom. The lowest BCUT2D eigenvalue weighted by Gasteiger charge is -2.24. The number of nitrogens with zero attached hydrogens (tertiary/aromatic N) is 1. The predicted molar refractivity (Wildman–Crippen MR) is 173 cm³/mol. The van der Waals surface area contributed by atoms with E-state index in [0.717, 1.165) is 64.2 Å². The largest absolute Gasteiger partial charge is 0.472 e. The van der Waals surface area contributed by atoms with E-state index >= 15 is 0 Å². The third-order valence-corrected chi connectivity index (χ3v) is 6.83. The summed E-state index contributed by atoms with van der Waals surface area (Å²) in [4.78, 5) is 22.1. The fourth-order valence-corrected chi connectivity index (χ4v) is 4.12. The normalized spacial score (nSPS) is 15.1. The first kappa shape index (κ1) is 40.2. The molecule has 0 spiro atoms. The van der Waals surface area contributed by atoms with E-state index in [1.54, 1.807) is 0 Å². The van der Waals surface area contributed by atoms with Crippen LogP contribution in [0.25, 0.3) is 0 Å². The second-order valence-electron chi connectivity index (χ2n) is 11.1. The zero-order valence-corrected chi connectivity index (χ0v) is 27.9. The zero-order chi connectivity index (χ0) is 31.4. The summed E-state index contributed by atoms with van der Waals surface area (Å²) in [6.45, 7) is 5.09. The molecule has 9 heteroatoms. The standard InChI is InChI=1S/C33H58NO7P/c1-6-8-10-11-12-13-14-15-16-17-18-19-20-21-22-23-24-25-28-38-30-32(41-33(35)26-9-7-2)31-40-42(36,37)39-29-27-34(3,4)5/h8,10,12-13,15-16,18-19,21-22,32H,6-7,9,11,14,17,20,23-31H2,1-5H3/p+1/b10-8-,13-12-,16-15-,19-18-,22-21-. The Morgan fingerprint density at radius 3 is 1.88 bits per heavy atom. The number of hydrogen-bond acceptors (Lipinski definition) is 6. The molecule has 2 unspecified atom stereocenters. The van der Waals surface area contributed by atoms with E-state index in [-0.39, 0.29) is 32.2 Å². The molecule has 0 fully saturated rings. The van der Waals surface area contributed by atoms with Crippen molar-refractivity contribution in [1.29, 1.82) is 0 Å². The van der Waals surface area contributed by atoms with Gasteiger partial charge in [-0.25, -0.2) is 4.57 Å². The molecule has 0 aromatic carbocycles. The Kier molecular flexibility index (Phi) is 25.7. The first-order valence-corrected chi connectivity index (χ1v) is 17.0. The van der Waals surface area contributed by atoms with E-state index in [2.05, 4.69) is 67.7 Å². The maximum atomic E-state index is 12.2. The average Bonchev–Trinajstić information content (AvgIpc) is 2.92. The minimum atomic E-state index is -4.25. The van der Waals surface area contributed by atoms with Crippen LogP contribution < -0.4 is 0 Å². The van der Waals surface area contributed by atoms with Crippen molar-refractivity contribution in [1.82, 2.24) is 0 Å². The van der Waals surface area contributed by atoms with Gasteiger partial charge in [0.15, 0.2) is 0 Å². The van der Waals surface area contributed by atoms with Gasteiger partial charge >= 0.3 is 13.8 Å². The highest BCUT2D eigenvalue weighted by atomic mass is 31.2. The molecule has 0 rings (SSSR count). The summed E-state index contributed by atoms with van der Waals surface area (Å²) in [6, 6.07) is 0. The maximum absolute atomic E-state index is 12.2. The molecule has 0 aliphatic rings. The molecule has 1 N–H and O–H groups in total. The second-order valence-corrected chi connectivity index (χ2v) is 12.6. The van der Waals surface area contributed by atoms with Gasteiger partial charge in [-0.1, -0.05) is 81.0 Å². The molecule has 0 aliphatic carbocycles. The van der Waals surface area contributed by atoms with E-state index in [1.807, 2.05) is 28.1 Å². The molecule has 0 saturated carbocycles. The van der Waals surface area contributed by atoms with Crippen molar-refractivity contribution in [3.63, 3.8) is 0 Å². The van der Waals surface area contributed by atoms with Gasteiger partial charge in [-0.3, -0.25) is 13.8 Å². The Morgan fingerprint density at radius 2 is 1.33 bits per heavy atom. The molecule has 0 aliphatic heterocycles. The van der Waals surface area contributed by atoms with Gasteiger partial charge in [0.25, 0.3) is 0 Å². The summed E-state index contributed by atoms with van der Waals surface area (Å²) in [5.41, 5.74) is 0. The van der Waals surface area contributed by atoms with Crippen molar-refractivity contribution >= 4 is 13.8 Å². The molecule has 0 amide bonds. The summed E-state index contributed by atoms with van der Waals surface area (Å²) in [6.07, 6.45) is 30.8. The van der Waals surface area contributed by atoms with Crippen LogP contribution in [-0.4, -0.2) is 75.6 Å². The van der Waals surface area contributed by atoms with Gasteiger partial charge in [0, 0.05) is 13.0 Å². The van der Waals surface area contributed by atoms with Crippen molar-refractivity contribution < 1.29 is 37.3 Å². The van der Waals surface area contributed by atoms with Gasteiger partial charge in [0.2, 0.25) is 0 Å². The number of allylic oxidation sites excluding steroid dienone is 10. The van der Waals surface area contributed by atoms with Crippen molar-refractivity contribution in [2.24, 2.45) is 0 Å². The predicted octanol–water partition coefficient (Wildman–Crippen LogP) is 7.87. The monoisotopic (exact) mass is 612 g/mol. The van der Waals surface area contributed by atoms with E-state index in [4.69, 9.17) is 18.5 Å². The summed E-state index contributed by atoms with van der Waals surface area (Å²) in [7, 11) is 1.62. The number of quaternary nitrogens is 1. The van der Waals surface area contributed by atoms with Crippen LogP contribution in [-0.2, 0) is 27.9 Å². The molecule has 242 valence electrons. The van der Waals surface area contributed by atoms with Gasteiger partial charge in [-0.15, -0.1) is 0 Å². The number of carbonyl (C=O) groups is 1.